The summed E-state index contributed by atoms with van der Waals surface area (Å²) in [5.41, 5.74) is 0.0121. The zero-order valence-electron chi connectivity index (χ0n) is 11.6. The Morgan fingerprint density at radius 1 is 1.29 bits per heavy atom. The molecule has 1 aliphatic heterocycles. The number of H-pyrrole nitrogens is 1. The number of likely N-dealkylation sites (N-methyl/N-ethyl adjacent to an activating group) is 1. The van der Waals surface area contributed by atoms with Crippen molar-refractivity contribution in [1.29, 1.82) is 0 Å². The van der Waals surface area contributed by atoms with Gasteiger partial charge in [-0.25, -0.2) is 4.98 Å². The van der Waals surface area contributed by atoms with E-state index in [0.717, 1.165) is 26.2 Å². The molecule has 0 spiro atoms. The maximum atomic E-state index is 12.1. The lowest BCUT2D eigenvalue weighted by Gasteiger charge is -2.32. The van der Waals surface area contributed by atoms with Crippen LogP contribution in [0.2, 0.25) is 0 Å². The smallest absolute Gasteiger partial charge is 0.270 e. The van der Waals surface area contributed by atoms with Gasteiger partial charge in [0.25, 0.3) is 11.2 Å². The maximum Gasteiger partial charge on any atom is 0.270 e. The van der Waals surface area contributed by atoms with Crippen LogP contribution in [0.1, 0.15) is 0 Å². The van der Waals surface area contributed by atoms with Gasteiger partial charge in [-0.05, 0) is 13.1 Å². The number of benzene rings is 1. The van der Waals surface area contributed by atoms with Crippen LogP contribution in [0.4, 0.5) is 11.6 Å². The third-order valence-electron chi connectivity index (χ3n) is 3.69. The zero-order chi connectivity index (χ0) is 15.0. The van der Waals surface area contributed by atoms with E-state index in [-0.39, 0.29) is 16.6 Å². The molecule has 0 atom stereocenters. The lowest BCUT2D eigenvalue weighted by atomic mass is 10.2. The SMILES string of the molecule is CN1CCN(c2nc3ccc([N+](=O)[O-])cc3c(=O)[nH]2)CC1. The van der Waals surface area contributed by atoms with Crippen molar-refractivity contribution in [1.82, 2.24) is 14.9 Å². The number of nitro groups is 1. The Morgan fingerprint density at radius 3 is 2.67 bits per heavy atom. The number of rotatable bonds is 2. The van der Waals surface area contributed by atoms with Gasteiger partial charge in [-0.15, -0.1) is 0 Å². The van der Waals surface area contributed by atoms with E-state index in [1.807, 2.05) is 11.9 Å². The van der Waals surface area contributed by atoms with Gasteiger partial charge in [-0.3, -0.25) is 19.9 Å². The lowest BCUT2D eigenvalue weighted by Crippen LogP contribution is -2.45. The third-order valence-corrected chi connectivity index (χ3v) is 3.69. The van der Waals surface area contributed by atoms with Crippen molar-refractivity contribution in [3.8, 4) is 0 Å². The van der Waals surface area contributed by atoms with E-state index in [4.69, 9.17) is 0 Å². The van der Waals surface area contributed by atoms with E-state index in [9.17, 15) is 14.9 Å². The first kappa shape index (κ1) is 13.5. The van der Waals surface area contributed by atoms with Gasteiger partial charge < -0.3 is 9.80 Å². The Balaban J connectivity index is 2.01. The molecule has 1 aliphatic rings. The quantitative estimate of drug-likeness (QED) is 0.642. The summed E-state index contributed by atoms with van der Waals surface area (Å²) in [7, 11) is 2.05. The fourth-order valence-electron chi connectivity index (χ4n) is 2.40. The Labute approximate surface area is 120 Å². The second-order valence-electron chi connectivity index (χ2n) is 5.14. The number of aromatic nitrogens is 2. The molecule has 0 saturated carbocycles. The molecule has 1 aromatic carbocycles. The number of aromatic amines is 1. The molecule has 0 radical (unpaired) electrons. The fraction of sp³-hybridized carbons (Fsp3) is 0.385. The van der Waals surface area contributed by atoms with Crippen molar-refractivity contribution in [2.24, 2.45) is 0 Å². The summed E-state index contributed by atoms with van der Waals surface area (Å²) in [5, 5.41) is 11.0. The topological polar surface area (TPSA) is 95.4 Å². The first-order valence-corrected chi connectivity index (χ1v) is 6.66. The number of hydrogen-bond acceptors (Lipinski definition) is 6. The monoisotopic (exact) mass is 289 g/mol. The van der Waals surface area contributed by atoms with Crippen molar-refractivity contribution in [2.45, 2.75) is 0 Å². The number of nitro benzene ring substituents is 1. The van der Waals surface area contributed by atoms with Crippen molar-refractivity contribution >= 4 is 22.5 Å². The number of nitrogens with zero attached hydrogens (tertiary/aromatic N) is 4. The van der Waals surface area contributed by atoms with E-state index in [1.54, 1.807) is 0 Å². The predicted molar refractivity (Wildman–Crippen MR) is 78.7 cm³/mol. The molecule has 3 rings (SSSR count). The minimum Gasteiger partial charge on any atom is -0.340 e. The lowest BCUT2D eigenvalue weighted by molar-refractivity contribution is -0.384. The Kier molecular flexibility index (Phi) is 3.30. The normalized spacial score (nSPS) is 16.3. The van der Waals surface area contributed by atoms with Crippen molar-refractivity contribution < 1.29 is 4.92 Å². The van der Waals surface area contributed by atoms with Crippen molar-refractivity contribution in [3.05, 3.63) is 38.7 Å². The van der Waals surface area contributed by atoms with E-state index in [0.29, 0.717) is 11.5 Å². The first-order valence-electron chi connectivity index (χ1n) is 6.66. The van der Waals surface area contributed by atoms with Crippen LogP contribution >= 0.6 is 0 Å². The van der Waals surface area contributed by atoms with E-state index < -0.39 is 4.92 Å². The molecule has 8 nitrogen and oxygen atoms in total. The molecule has 0 bridgehead atoms. The molecule has 21 heavy (non-hydrogen) atoms. The molecule has 110 valence electrons. The van der Waals surface area contributed by atoms with E-state index in [2.05, 4.69) is 14.9 Å². The molecular weight excluding hydrogens is 274 g/mol. The molecule has 0 aliphatic carbocycles. The molecule has 2 heterocycles. The number of piperazine rings is 1. The maximum absolute atomic E-state index is 12.1. The summed E-state index contributed by atoms with van der Waals surface area (Å²) < 4.78 is 0. The summed E-state index contributed by atoms with van der Waals surface area (Å²) in [6.45, 7) is 3.39. The first-order chi connectivity index (χ1) is 10.0. The second kappa shape index (κ2) is 5.13. The standard InChI is InChI=1S/C13H15N5O3/c1-16-4-6-17(7-5-16)13-14-11-3-2-9(18(20)21)8-10(11)12(19)15-13/h2-3,8H,4-7H2,1H3,(H,14,15,19). The largest absolute Gasteiger partial charge is 0.340 e. The molecule has 1 saturated heterocycles. The molecule has 1 N–H and O–H groups in total. The van der Waals surface area contributed by atoms with Gasteiger partial charge in [0.15, 0.2) is 0 Å². The summed E-state index contributed by atoms with van der Waals surface area (Å²) in [4.78, 5) is 33.7. The summed E-state index contributed by atoms with van der Waals surface area (Å²) in [6.07, 6.45) is 0. The van der Waals surface area contributed by atoms with Crippen LogP contribution in [0, 0.1) is 10.1 Å². The highest BCUT2D eigenvalue weighted by molar-refractivity contribution is 5.81. The molecule has 0 unspecified atom stereocenters. The van der Waals surface area contributed by atoms with Crippen LogP contribution < -0.4 is 10.5 Å². The van der Waals surface area contributed by atoms with Gasteiger partial charge in [-0.1, -0.05) is 0 Å². The highest BCUT2D eigenvalue weighted by Gasteiger charge is 2.18. The van der Waals surface area contributed by atoms with Gasteiger partial charge in [-0.2, -0.15) is 0 Å². The highest BCUT2D eigenvalue weighted by atomic mass is 16.6. The van der Waals surface area contributed by atoms with E-state index >= 15 is 0 Å². The summed E-state index contributed by atoms with van der Waals surface area (Å²) in [5.74, 6) is 0.523. The van der Waals surface area contributed by atoms with Crippen LogP contribution in [0.3, 0.4) is 0 Å². The van der Waals surface area contributed by atoms with Gasteiger partial charge in [0.2, 0.25) is 5.95 Å². The Morgan fingerprint density at radius 2 is 2.00 bits per heavy atom. The highest BCUT2D eigenvalue weighted by Crippen LogP contribution is 2.18. The minimum absolute atomic E-state index is 0.109. The Bertz CT molecular complexity index is 749. The van der Waals surface area contributed by atoms with Crippen LogP contribution in [-0.4, -0.2) is 53.0 Å². The fourth-order valence-corrected chi connectivity index (χ4v) is 2.40. The van der Waals surface area contributed by atoms with Gasteiger partial charge in [0.05, 0.1) is 15.8 Å². The van der Waals surface area contributed by atoms with Gasteiger partial charge in [0, 0.05) is 38.3 Å². The van der Waals surface area contributed by atoms with Crippen molar-refractivity contribution in [3.63, 3.8) is 0 Å². The third kappa shape index (κ3) is 2.57. The average molecular weight is 289 g/mol. The van der Waals surface area contributed by atoms with Crippen LogP contribution in [0.15, 0.2) is 23.0 Å². The summed E-state index contributed by atoms with van der Waals surface area (Å²) in [6, 6.07) is 4.14. The predicted octanol–water partition coefficient (Wildman–Crippen LogP) is 0.583. The number of non-ortho nitro benzene ring substituents is 1. The van der Waals surface area contributed by atoms with Crippen LogP contribution in [-0.2, 0) is 0 Å². The molecular formula is C13H15N5O3. The number of fused-ring (bicyclic) bond motifs is 1. The number of hydrogen-bond donors (Lipinski definition) is 1. The van der Waals surface area contributed by atoms with Crippen LogP contribution in [0.5, 0.6) is 0 Å². The molecule has 1 fully saturated rings. The van der Waals surface area contributed by atoms with E-state index in [1.165, 1.54) is 18.2 Å². The number of anilines is 1. The number of nitrogens with one attached hydrogen (secondary N) is 1. The Hall–Kier alpha value is -2.48. The average Bonchev–Trinajstić information content (AvgIpc) is 2.47. The summed E-state index contributed by atoms with van der Waals surface area (Å²) >= 11 is 0. The minimum atomic E-state index is -0.521. The molecule has 8 heteroatoms. The molecule has 1 aromatic heterocycles. The molecule has 0 amide bonds. The van der Waals surface area contributed by atoms with Gasteiger partial charge in [0.1, 0.15) is 0 Å². The van der Waals surface area contributed by atoms with Gasteiger partial charge >= 0.3 is 0 Å². The van der Waals surface area contributed by atoms with Crippen molar-refractivity contribution in [2.75, 3.05) is 38.1 Å². The van der Waals surface area contributed by atoms with Crippen LogP contribution in [0.25, 0.3) is 10.9 Å². The molecule has 2 aromatic rings. The zero-order valence-corrected chi connectivity index (χ0v) is 11.6. The second-order valence-corrected chi connectivity index (χ2v) is 5.14.